The van der Waals surface area contributed by atoms with Crippen LogP contribution in [0.25, 0.3) is 0 Å². The summed E-state index contributed by atoms with van der Waals surface area (Å²) in [6.45, 7) is 2.91. The van der Waals surface area contributed by atoms with Crippen LogP contribution in [0.1, 0.15) is 30.0 Å². The first kappa shape index (κ1) is 11.6. The van der Waals surface area contributed by atoms with Crippen molar-refractivity contribution in [2.24, 2.45) is 0 Å². The van der Waals surface area contributed by atoms with E-state index in [0.29, 0.717) is 11.8 Å². The lowest BCUT2D eigenvalue weighted by Gasteiger charge is -1.85. The van der Waals surface area contributed by atoms with Crippen LogP contribution in [0.4, 0.5) is 0 Å². The van der Waals surface area contributed by atoms with Gasteiger partial charge >= 0.3 is 0 Å². The monoisotopic (exact) mass is 184 g/mol. The van der Waals surface area contributed by atoms with E-state index in [-0.39, 0.29) is 18.2 Å². The number of Topliss-reactive ketones (excluding diaryl/α,β-unsaturated/α-hetero) is 1. The second kappa shape index (κ2) is 6.14. The quantitative estimate of drug-likeness (QED) is 0.701. The molecule has 0 unspecified atom stereocenters. The fourth-order valence-corrected chi connectivity index (χ4v) is 0.581. The minimum atomic E-state index is -0.148. The van der Waals surface area contributed by atoms with Crippen molar-refractivity contribution in [3.8, 4) is 0 Å². The van der Waals surface area contributed by atoms with E-state index >= 15 is 0 Å². The number of hydrogen-bond donors (Lipinski definition) is 1. The van der Waals surface area contributed by atoms with Gasteiger partial charge in [-0.3, -0.25) is 4.79 Å². The molecule has 0 aromatic carbocycles. The maximum Gasteiger partial charge on any atom is 0.185 e. The molecule has 0 fully saturated rings. The lowest BCUT2D eigenvalue weighted by Crippen LogP contribution is -1.84. The molecule has 72 valence electrons. The van der Waals surface area contributed by atoms with Gasteiger partial charge < -0.3 is 14.3 Å². The first-order valence-corrected chi connectivity index (χ1v) is 3.71. The number of ketones is 1. The SMILES string of the molecule is CC(C)=O.O=Cc1occc1CO. The van der Waals surface area contributed by atoms with Crippen molar-refractivity contribution in [1.29, 1.82) is 0 Å². The third-order valence-corrected chi connectivity index (χ3v) is 1.06. The minimum Gasteiger partial charge on any atom is -0.461 e. The van der Waals surface area contributed by atoms with Gasteiger partial charge in [0.05, 0.1) is 12.9 Å². The predicted octanol–water partition coefficient (Wildman–Crippen LogP) is 1.18. The van der Waals surface area contributed by atoms with Gasteiger partial charge in [-0.1, -0.05) is 0 Å². The van der Waals surface area contributed by atoms with Crippen LogP contribution in [-0.2, 0) is 11.4 Å². The third kappa shape index (κ3) is 4.92. The Morgan fingerprint density at radius 1 is 1.62 bits per heavy atom. The number of aliphatic hydroxyl groups is 1. The van der Waals surface area contributed by atoms with E-state index in [1.807, 2.05) is 0 Å². The molecule has 0 aliphatic carbocycles. The summed E-state index contributed by atoms with van der Waals surface area (Å²) in [6.07, 6.45) is 1.95. The highest BCUT2D eigenvalue weighted by Crippen LogP contribution is 2.06. The molecule has 1 rings (SSSR count). The number of furan rings is 1. The molecule has 4 nitrogen and oxygen atoms in total. The molecule has 13 heavy (non-hydrogen) atoms. The average Bonchev–Trinajstić information content (AvgIpc) is 2.49. The lowest BCUT2D eigenvalue weighted by molar-refractivity contribution is -0.114. The summed E-state index contributed by atoms with van der Waals surface area (Å²) < 4.78 is 4.68. The van der Waals surface area contributed by atoms with Crippen LogP contribution in [0.5, 0.6) is 0 Å². The van der Waals surface area contributed by atoms with Crippen LogP contribution >= 0.6 is 0 Å². The van der Waals surface area contributed by atoms with E-state index in [1.165, 1.54) is 20.1 Å². The molecular formula is C9H12O4. The van der Waals surface area contributed by atoms with E-state index in [2.05, 4.69) is 4.42 Å². The summed E-state index contributed by atoms with van der Waals surface area (Å²) in [7, 11) is 0. The Labute approximate surface area is 76.2 Å². The summed E-state index contributed by atoms with van der Waals surface area (Å²) >= 11 is 0. The maximum atomic E-state index is 10.0. The zero-order valence-corrected chi connectivity index (χ0v) is 7.61. The molecule has 0 bridgehead atoms. The van der Waals surface area contributed by atoms with Gasteiger partial charge in [0.2, 0.25) is 0 Å². The van der Waals surface area contributed by atoms with Crippen LogP contribution in [0.15, 0.2) is 16.7 Å². The summed E-state index contributed by atoms with van der Waals surface area (Å²) in [5.41, 5.74) is 0.532. The largest absolute Gasteiger partial charge is 0.461 e. The van der Waals surface area contributed by atoms with Crippen molar-refractivity contribution >= 4 is 12.1 Å². The molecule has 0 atom stereocenters. The van der Waals surface area contributed by atoms with Crippen molar-refractivity contribution in [2.45, 2.75) is 20.5 Å². The van der Waals surface area contributed by atoms with Gasteiger partial charge in [-0.15, -0.1) is 0 Å². The lowest BCUT2D eigenvalue weighted by atomic mass is 10.3. The number of hydrogen-bond acceptors (Lipinski definition) is 4. The molecule has 1 heterocycles. The Morgan fingerprint density at radius 2 is 2.15 bits per heavy atom. The molecule has 0 aliphatic heterocycles. The zero-order valence-electron chi connectivity index (χ0n) is 7.61. The van der Waals surface area contributed by atoms with E-state index in [4.69, 9.17) is 5.11 Å². The van der Waals surface area contributed by atoms with Gasteiger partial charge in [-0.2, -0.15) is 0 Å². The first-order valence-electron chi connectivity index (χ1n) is 3.71. The minimum absolute atomic E-state index is 0.148. The highest BCUT2D eigenvalue weighted by atomic mass is 16.3. The molecule has 0 saturated heterocycles. The molecule has 4 heteroatoms. The first-order chi connectivity index (χ1) is 6.11. The number of rotatable bonds is 2. The van der Waals surface area contributed by atoms with Crippen LogP contribution in [0.3, 0.4) is 0 Å². The highest BCUT2D eigenvalue weighted by molar-refractivity contribution is 5.72. The summed E-state index contributed by atoms with van der Waals surface area (Å²) in [5.74, 6) is 0.373. The Hall–Kier alpha value is -1.42. The van der Waals surface area contributed by atoms with Gasteiger partial charge in [-0.05, 0) is 19.9 Å². The van der Waals surface area contributed by atoms with E-state index < -0.39 is 0 Å². The number of aliphatic hydroxyl groups excluding tert-OH is 1. The topological polar surface area (TPSA) is 67.5 Å². The molecular weight excluding hydrogens is 172 g/mol. The predicted molar refractivity (Wildman–Crippen MR) is 46.4 cm³/mol. The molecule has 0 saturated carbocycles. The summed E-state index contributed by atoms with van der Waals surface area (Å²) in [6, 6.07) is 1.56. The Kier molecular flexibility index (Phi) is 5.47. The highest BCUT2D eigenvalue weighted by Gasteiger charge is 2.00. The fraction of sp³-hybridized carbons (Fsp3) is 0.333. The van der Waals surface area contributed by atoms with Crippen LogP contribution in [-0.4, -0.2) is 17.2 Å². The molecule has 1 aromatic heterocycles. The maximum absolute atomic E-state index is 10.0. The number of carbonyl (C=O) groups excluding carboxylic acids is 2. The second-order valence-electron chi connectivity index (χ2n) is 2.49. The van der Waals surface area contributed by atoms with Crippen LogP contribution in [0.2, 0.25) is 0 Å². The standard InChI is InChI=1S/C6H6O3.C3H6O/c7-3-5-1-2-9-6(5)4-8;1-3(2)4/h1-2,4,7H,3H2;1-2H3. The van der Waals surface area contributed by atoms with Gasteiger partial charge in [0, 0.05) is 5.56 Å². The Bertz CT molecular complexity index is 271. The van der Waals surface area contributed by atoms with Gasteiger partial charge in [0.15, 0.2) is 12.0 Å². The van der Waals surface area contributed by atoms with Gasteiger partial charge in [0.25, 0.3) is 0 Å². The van der Waals surface area contributed by atoms with E-state index in [0.717, 1.165) is 0 Å². The van der Waals surface area contributed by atoms with Gasteiger partial charge in [0.1, 0.15) is 5.78 Å². The molecule has 0 spiro atoms. The van der Waals surface area contributed by atoms with Gasteiger partial charge in [-0.25, -0.2) is 0 Å². The second-order valence-corrected chi connectivity index (χ2v) is 2.49. The fourth-order valence-electron chi connectivity index (χ4n) is 0.581. The van der Waals surface area contributed by atoms with Crippen LogP contribution in [0, 0.1) is 0 Å². The Balaban J connectivity index is 0.000000310. The normalized spacial score (nSPS) is 8.54. The van der Waals surface area contributed by atoms with Crippen molar-refractivity contribution in [3.63, 3.8) is 0 Å². The average molecular weight is 184 g/mol. The third-order valence-electron chi connectivity index (χ3n) is 1.06. The number of aldehydes is 1. The zero-order chi connectivity index (χ0) is 10.3. The summed E-state index contributed by atoms with van der Waals surface area (Å²) in [4.78, 5) is 19.5. The molecule has 0 radical (unpaired) electrons. The van der Waals surface area contributed by atoms with Crippen molar-refractivity contribution < 1.29 is 19.1 Å². The smallest absolute Gasteiger partial charge is 0.185 e. The molecule has 1 N–H and O–H groups in total. The van der Waals surface area contributed by atoms with Crippen molar-refractivity contribution in [2.75, 3.05) is 0 Å². The Morgan fingerprint density at radius 3 is 2.46 bits per heavy atom. The van der Waals surface area contributed by atoms with E-state index in [9.17, 15) is 9.59 Å². The summed E-state index contributed by atoms with van der Waals surface area (Å²) in [5, 5.41) is 8.52. The van der Waals surface area contributed by atoms with E-state index in [1.54, 1.807) is 6.07 Å². The molecule has 0 amide bonds. The molecule has 1 aromatic rings. The van der Waals surface area contributed by atoms with Crippen molar-refractivity contribution in [1.82, 2.24) is 0 Å². The van der Waals surface area contributed by atoms with Crippen LogP contribution < -0.4 is 0 Å². The number of carbonyl (C=O) groups is 2. The van der Waals surface area contributed by atoms with Crippen molar-refractivity contribution in [3.05, 3.63) is 23.7 Å². The molecule has 0 aliphatic rings.